The Hall–Kier alpha value is -2.98. The van der Waals surface area contributed by atoms with Crippen molar-refractivity contribution >= 4 is 35.6 Å². The number of carboxylic acid groups (broad SMARTS) is 1. The van der Waals surface area contributed by atoms with E-state index in [0.717, 1.165) is 12.8 Å². The van der Waals surface area contributed by atoms with Crippen molar-refractivity contribution in [1.82, 2.24) is 0 Å². The Morgan fingerprint density at radius 1 is 0.500 bits per heavy atom. The third-order valence-corrected chi connectivity index (χ3v) is 4.45. The Morgan fingerprint density at radius 2 is 0.912 bits per heavy atom. The first kappa shape index (κ1) is 31.0. The van der Waals surface area contributed by atoms with E-state index in [1.165, 1.54) is 6.92 Å². The number of aliphatic carboxylic acids is 1. The van der Waals surface area contributed by atoms with Crippen LogP contribution in [0.5, 0.6) is 0 Å². The van der Waals surface area contributed by atoms with Gasteiger partial charge in [-0.1, -0.05) is 0 Å². The molecule has 0 unspecified atom stereocenters. The highest BCUT2D eigenvalue weighted by Gasteiger charge is 2.11. The highest BCUT2D eigenvalue weighted by Crippen LogP contribution is 2.05. The Labute approximate surface area is 199 Å². The second-order valence-electron chi connectivity index (χ2n) is 7.69. The lowest BCUT2D eigenvalue weighted by Crippen LogP contribution is -2.17. The fourth-order valence-electron chi connectivity index (χ4n) is 2.63. The number of carbonyl (C=O) groups is 6. The monoisotopic (exact) mass is 488 g/mol. The summed E-state index contributed by atoms with van der Waals surface area (Å²) < 4.78 is 19.4. The zero-order chi connectivity index (χ0) is 25.6. The standard InChI is InChI=1S/C23H36O11/c1-18(24)10-4-2-8-14-31-22(29)16-33-20(27)12-6-7-13-21(28)34-17-23(30)32-15-9-3-5-11-19(25)26/h2-17H2,1H3,(H,25,26). The van der Waals surface area contributed by atoms with Gasteiger partial charge >= 0.3 is 29.8 Å². The maximum Gasteiger partial charge on any atom is 0.344 e. The van der Waals surface area contributed by atoms with E-state index >= 15 is 0 Å². The normalized spacial score (nSPS) is 10.3. The summed E-state index contributed by atoms with van der Waals surface area (Å²) >= 11 is 0. The molecule has 0 aromatic rings. The lowest BCUT2D eigenvalue weighted by Gasteiger charge is -2.07. The van der Waals surface area contributed by atoms with Gasteiger partial charge in [-0.05, 0) is 58.3 Å². The zero-order valence-electron chi connectivity index (χ0n) is 19.8. The second kappa shape index (κ2) is 20.6. The molecule has 11 nitrogen and oxygen atoms in total. The number of rotatable bonds is 21. The summed E-state index contributed by atoms with van der Waals surface area (Å²) in [6.45, 7) is 0.882. The van der Waals surface area contributed by atoms with Crippen LogP contribution in [0.4, 0.5) is 0 Å². The van der Waals surface area contributed by atoms with Crippen LogP contribution in [0.3, 0.4) is 0 Å². The Balaban J connectivity index is 3.60. The van der Waals surface area contributed by atoms with Gasteiger partial charge in [0.05, 0.1) is 13.2 Å². The fraction of sp³-hybridized carbons (Fsp3) is 0.739. The highest BCUT2D eigenvalue weighted by molar-refractivity contribution is 5.77. The summed E-state index contributed by atoms with van der Waals surface area (Å²) in [5.41, 5.74) is 0. The molecule has 0 spiro atoms. The molecule has 0 fully saturated rings. The molecule has 0 saturated heterocycles. The van der Waals surface area contributed by atoms with Crippen molar-refractivity contribution < 1.29 is 52.8 Å². The van der Waals surface area contributed by atoms with Crippen LogP contribution in [0.1, 0.15) is 84.0 Å². The highest BCUT2D eigenvalue weighted by atomic mass is 16.6. The van der Waals surface area contributed by atoms with E-state index in [0.29, 0.717) is 44.9 Å². The van der Waals surface area contributed by atoms with Gasteiger partial charge in [-0.15, -0.1) is 0 Å². The number of carboxylic acids is 1. The summed E-state index contributed by atoms with van der Waals surface area (Å²) in [5, 5.41) is 8.51. The van der Waals surface area contributed by atoms with Crippen molar-refractivity contribution in [1.29, 1.82) is 0 Å². The van der Waals surface area contributed by atoms with Crippen LogP contribution in [0.2, 0.25) is 0 Å². The number of Topliss-reactive ketones (excluding diaryl/α,β-unsaturated/α-hetero) is 1. The van der Waals surface area contributed by atoms with E-state index in [2.05, 4.69) is 0 Å². The first-order valence-electron chi connectivity index (χ1n) is 11.5. The molecule has 0 aliphatic carbocycles. The lowest BCUT2D eigenvalue weighted by molar-refractivity contribution is -0.159. The van der Waals surface area contributed by atoms with Crippen LogP contribution < -0.4 is 0 Å². The van der Waals surface area contributed by atoms with Gasteiger partial charge in [0.15, 0.2) is 13.2 Å². The molecule has 194 valence electrons. The van der Waals surface area contributed by atoms with Crippen molar-refractivity contribution in [3.63, 3.8) is 0 Å². The smallest absolute Gasteiger partial charge is 0.344 e. The molecule has 11 heteroatoms. The Kier molecular flexibility index (Phi) is 18.8. The van der Waals surface area contributed by atoms with Gasteiger partial charge in [0.25, 0.3) is 0 Å². The minimum Gasteiger partial charge on any atom is -0.481 e. The average Bonchev–Trinajstić information content (AvgIpc) is 2.78. The molecule has 0 aliphatic heterocycles. The summed E-state index contributed by atoms with van der Waals surface area (Å²) in [6, 6.07) is 0. The van der Waals surface area contributed by atoms with Gasteiger partial charge in [0.1, 0.15) is 5.78 Å². The van der Waals surface area contributed by atoms with Gasteiger partial charge in [-0.3, -0.25) is 14.4 Å². The number of ether oxygens (including phenoxy) is 4. The number of hydrogen-bond acceptors (Lipinski definition) is 10. The summed E-state index contributed by atoms with van der Waals surface area (Å²) in [7, 11) is 0. The van der Waals surface area contributed by atoms with E-state index in [1.54, 1.807) is 0 Å². The minimum absolute atomic E-state index is 0.0153. The summed E-state index contributed by atoms with van der Waals surface area (Å²) in [6.07, 6.45) is 5.11. The molecule has 0 amide bonds. The minimum atomic E-state index is -0.869. The Morgan fingerprint density at radius 3 is 1.32 bits per heavy atom. The van der Waals surface area contributed by atoms with Crippen molar-refractivity contribution in [3.8, 4) is 0 Å². The van der Waals surface area contributed by atoms with E-state index in [9.17, 15) is 28.8 Å². The molecule has 0 heterocycles. The number of hydrogen-bond donors (Lipinski definition) is 1. The second-order valence-corrected chi connectivity index (χ2v) is 7.69. The Bertz CT molecular complexity index is 601. The van der Waals surface area contributed by atoms with Crippen LogP contribution in [0.25, 0.3) is 0 Å². The van der Waals surface area contributed by atoms with E-state index in [1.807, 2.05) is 0 Å². The predicted octanol–water partition coefficient (Wildman–Crippen LogP) is 2.51. The van der Waals surface area contributed by atoms with Gasteiger partial charge in [-0.2, -0.15) is 0 Å². The molecule has 0 aromatic carbocycles. The molecule has 34 heavy (non-hydrogen) atoms. The zero-order valence-corrected chi connectivity index (χ0v) is 19.8. The molecule has 0 saturated carbocycles. The van der Waals surface area contributed by atoms with Gasteiger partial charge in [-0.25, -0.2) is 9.59 Å². The SMILES string of the molecule is CC(=O)CCCCCOC(=O)COC(=O)CCCCC(=O)OCC(=O)OCCCCCC(=O)O. The van der Waals surface area contributed by atoms with Gasteiger partial charge < -0.3 is 28.8 Å². The topological polar surface area (TPSA) is 160 Å². The molecule has 0 atom stereocenters. The summed E-state index contributed by atoms with van der Waals surface area (Å²) in [5.74, 6) is -3.25. The third kappa shape index (κ3) is 22.2. The van der Waals surface area contributed by atoms with E-state index < -0.39 is 43.1 Å². The lowest BCUT2D eigenvalue weighted by atomic mass is 10.1. The maximum absolute atomic E-state index is 11.6. The quantitative estimate of drug-likeness (QED) is 0.144. The van der Waals surface area contributed by atoms with Crippen molar-refractivity contribution in [2.24, 2.45) is 0 Å². The molecule has 0 aliphatic rings. The number of ketones is 1. The van der Waals surface area contributed by atoms with Gasteiger partial charge in [0.2, 0.25) is 0 Å². The van der Waals surface area contributed by atoms with E-state index in [4.69, 9.17) is 24.1 Å². The molecule has 0 radical (unpaired) electrons. The van der Waals surface area contributed by atoms with Crippen molar-refractivity contribution in [2.75, 3.05) is 26.4 Å². The largest absolute Gasteiger partial charge is 0.481 e. The number of carbonyl (C=O) groups excluding carboxylic acids is 5. The molecular weight excluding hydrogens is 452 g/mol. The molecule has 0 bridgehead atoms. The van der Waals surface area contributed by atoms with Crippen LogP contribution in [0, 0.1) is 0 Å². The average molecular weight is 489 g/mol. The maximum atomic E-state index is 11.6. The van der Waals surface area contributed by atoms with Crippen molar-refractivity contribution in [3.05, 3.63) is 0 Å². The fourth-order valence-corrected chi connectivity index (χ4v) is 2.63. The number of esters is 4. The van der Waals surface area contributed by atoms with Gasteiger partial charge in [0, 0.05) is 25.7 Å². The van der Waals surface area contributed by atoms with Crippen LogP contribution in [0.15, 0.2) is 0 Å². The van der Waals surface area contributed by atoms with Crippen LogP contribution >= 0.6 is 0 Å². The molecule has 0 aromatic heterocycles. The first-order valence-corrected chi connectivity index (χ1v) is 11.5. The van der Waals surface area contributed by atoms with E-state index in [-0.39, 0.29) is 38.3 Å². The van der Waals surface area contributed by atoms with Crippen molar-refractivity contribution in [2.45, 2.75) is 84.0 Å². The number of unbranched alkanes of at least 4 members (excludes halogenated alkanes) is 5. The predicted molar refractivity (Wildman–Crippen MR) is 118 cm³/mol. The molecule has 1 N–H and O–H groups in total. The van der Waals surface area contributed by atoms with Crippen LogP contribution in [-0.2, 0) is 47.7 Å². The third-order valence-electron chi connectivity index (χ3n) is 4.45. The summed E-state index contributed by atoms with van der Waals surface area (Å²) in [4.78, 5) is 67.3. The first-order chi connectivity index (χ1) is 16.2. The van der Waals surface area contributed by atoms with Crippen LogP contribution in [-0.4, -0.2) is 67.2 Å². The molecular formula is C23H36O11. The molecule has 0 rings (SSSR count).